The molecule has 0 aliphatic rings. The summed E-state index contributed by atoms with van der Waals surface area (Å²) in [6.07, 6.45) is 5.30. The third kappa shape index (κ3) is 5.79. The van der Waals surface area contributed by atoms with Crippen LogP contribution in [-0.4, -0.2) is 34.1 Å². The first kappa shape index (κ1) is 35.4. The molecular weight excluding hydrogens is 759 g/mol. The van der Waals surface area contributed by atoms with E-state index >= 15 is 0 Å². The largest absolute Gasteiger partial charge is 0.309 e. The molecule has 0 saturated carbocycles. The Kier molecular flexibility index (Phi) is 8.35. The summed E-state index contributed by atoms with van der Waals surface area (Å²) in [4.78, 5) is 24.3. The Morgan fingerprint density at radius 2 is 0.952 bits per heavy atom. The van der Waals surface area contributed by atoms with E-state index in [-0.39, 0.29) is 0 Å². The van der Waals surface area contributed by atoms with E-state index in [1.165, 1.54) is 32.6 Å². The van der Waals surface area contributed by atoms with E-state index in [9.17, 15) is 0 Å². The number of fused-ring (bicyclic) bond motifs is 7. The van der Waals surface area contributed by atoms with Gasteiger partial charge in [-0.15, -0.1) is 0 Å². The summed E-state index contributed by atoms with van der Waals surface area (Å²) >= 11 is 0. The predicted octanol–water partition coefficient (Wildman–Crippen LogP) is 13.2. The molecule has 7 aromatic carbocycles. The van der Waals surface area contributed by atoms with Crippen molar-refractivity contribution in [2.75, 3.05) is 0 Å². The molecule has 0 fully saturated rings. The van der Waals surface area contributed by atoms with E-state index < -0.39 is 0 Å². The van der Waals surface area contributed by atoms with Crippen molar-refractivity contribution in [3.8, 4) is 67.9 Å². The van der Waals surface area contributed by atoms with Gasteiger partial charge in [-0.25, -0.2) is 15.0 Å². The zero-order chi connectivity index (χ0) is 41.0. The molecule has 0 unspecified atom stereocenters. The van der Waals surface area contributed by atoms with E-state index in [0.717, 1.165) is 55.8 Å². The van der Waals surface area contributed by atoms with Crippen molar-refractivity contribution in [2.45, 2.75) is 0 Å². The van der Waals surface area contributed by atoms with Crippen LogP contribution in [0.25, 0.3) is 112 Å². The summed E-state index contributed by atoms with van der Waals surface area (Å²) < 4.78 is 4.90. The molecule has 12 aromatic rings. The molecule has 0 atom stereocenters. The molecule has 0 aliphatic heterocycles. The van der Waals surface area contributed by atoms with Gasteiger partial charge >= 0.3 is 0 Å². The van der Waals surface area contributed by atoms with Gasteiger partial charge in [-0.2, -0.15) is 0 Å². The fourth-order valence-corrected chi connectivity index (χ4v) is 9.01. The highest BCUT2D eigenvalue weighted by molar-refractivity contribution is 6.26. The second-order valence-corrected chi connectivity index (χ2v) is 15.3. The fraction of sp³-hybridized carbons (Fsp3) is 0. The van der Waals surface area contributed by atoms with E-state index in [2.05, 4.69) is 183 Å². The van der Waals surface area contributed by atoms with E-state index in [1.807, 2.05) is 30.3 Å². The van der Waals surface area contributed by atoms with Crippen molar-refractivity contribution in [1.29, 1.82) is 0 Å². The topological polar surface area (TPSA) is 74.3 Å². The van der Waals surface area contributed by atoms with Crippen molar-refractivity contribution in [3.05, 3.63) is 213 Å². The van der Waals surface area contributed by atoms with Crippen LogP contribution in [-0.2, 0) is 0 Å². The molecule has 62 heavy (non-hydrogen) atoms. The van der Waals surface area contributed by atoms with Gasteiger partial charge in [0.15, 0.2) is 17.5 Å². The van der Waals surface area contributed by atoms with Gasteiger partial charge in [0.25, 0.3) is 0 Å². The smallest absolute Gasteiger partial charge is 0.182 e. The third-order valence-electron chi connectivity index (χ3n) is 11.7. The fourth-order valence-electron chi connectivity index (χ4n) is 9.01. The van der Waals surface area contributed by atoms with Gasteiger partial charge < -0.3 is 9.13 Å². The highest BCUT2D eigenvalue weighted by Crippen LogP contribution is 2.46. The first-order valence-electron chi connectivity index (χ1n) is 20.7. The van der Waals surface area contributed by atoms with Crippen LogP contribution < -0.4 is 0 Å². The first-order valence-corrected chi connectivity index (χ1v) is 20.7. The predicted molar refractivity (Wildman–Crippen MR) is 251 cm³/mol. The van der Waals surface area contributed by atoms with Gasteiger partial charge in [0.05, 0.1) is 27.8 Å². The summed E-state index contributed by atoms with van der Waals surface area (Å²) in [6, 6.07) is 68.3. The summed E-state index contributed by atoms with van der Waals surface area (Å²) in [5.41, 5.74) is 13.3. The Morgan fingerprint density at radius 1 is 0.371 bits per heavy atom. The second kappa shape index (κ2) is 14.6. The number of hydrogen-bond acceptors (Lipinski definition) is 5. The van der Waals surface area contributed by atoms with Crippen LogP contribution in [0, 0.1) is 0 Å². The molecule has 7 nitrogen and oxygen atoms in total. The monoisotopic (exact) mass is 793 g/mol. The third-order valence-corrected chi connectivity index (χ3v) is 11.7. The Bertz CT molecular complexity index is 3480. The van der Waals surface area contributed by atoms with Gasteiger partial charge in [0, 0.05) is 68.1 Å². The molecule has 12 rings (SSSR count). The maximum Gasteiger partial charge on any atom is 0.182 e. The molecule has 0 saturated heterocycles. The maximum absolute atomic E-state index is 5.16. The zero-order valence-corrected chi connectivity index (χ0v) is 33.3. The van der Waals surface area contributed by atoms with Crippen LogP contribution in [0.5, 0.6) is 0 Å². The molecule has 0 radical (unpaired) electrons. The number of nitrogens with zero attached hydrogens (tertiary/aromatic N) is 7. The minimum absolute atomic E-state index is 0.487. The van der Waals surface area contributed by atoms with Crippen LogP contribution in [0.2, 0.25) is 0 Å². The van der Waals surface area contributed by atoms with Gasteiger partial charge in [0.2, 0.25) is 0 Å². The highest BCUT2D eigenvalue weighted by Gasteiger charge is 2.25. The molecule has 0 spiro atoms. The maximum atomic E-state index is 5.16. The quantitative estimate of drug-likeness (QED) is 0.161. The Hall–Kier alpha value is -8.55. The van der Waals surface area contributed by atoms with Crippen LogP contribution in [0.4, 0.5) is 0 Å². The number of hydrogen-bond donors (Lipinski definition) is 0. The normalized spacial score (nSPS) is 11.5. The Labute approximate surface area is 356 Å². The van der Waals surface area contributed by atoms with Crippen molar-refractivity contribution in [2.24, 2.45) is 0 Å². The number of para-hydroxylation sites is 3. The summed E-state index contributed by atoms with van der Waals surface area (Å²) in [5, 5.41) is 4.80. The molecule has 5 heterocycles. The average Bonchev–Trinajstić information content (AvgIpc) is 3.87. The molecule has 290 valence electrons. The average molecular weight is 794 g/mol. The first-order chi connectivity index (χ1) is 30.8. The Balaban J connectivity index is 1.22. The lowest BCUT2D eigenvalue weighted by Gasteiger charge is -2.21. The summed E-state index contributed by atoms with van der Waals surface area (Å²) in [5.74, 6) is 1.55. The summed E-state index contributed by atoms with van der Waals surface area (Å²) in [6.45, 7) is 0. The molecule has 0 amide bonds. The minimum atomic E-state index is 0.487. The molecular formula is C55H35N7. The second-order valence-electron chi connectivity index (χ2n) is 15.3. The zero-order valence-electron chi connectivity index (χ0n) is 33.3. The van der Waals surface area contributed by atoms with Crippen molar-refractivity contribution >= 4 is 43.6 Å². The SMILES string of the molecule is c1ccc(-c2cc(-c3nc(-c4cccnc4)nc(-c4ccccn4)n3)cc(-c3ccccc3)c2-n2c3ccccc3c3c2ccc2c4ccccc4n(-c4ccccc4)c23)cc1. The van der Waals surface area contributed by atoms with E-state index in [1.54, 1.807) is 18.6 Å². The van der Waals surface area contributed by atoms with Crippen molar-refractivity contribution in [3.63, 3.8) is 0 Å². The van der Waals surface area contributed by atoms with Gasteiger partial charge in [0.1, 0.15) is 5.69 Å². The van der Waals surface area contributed by atoms with Crippen molar-refractivity contribution < 1.29 is 0 Å². The summed E-state index contributed by atoms with van der Waals surface area (Å²) in [7, 11) is 0. The van der Waals surface area contributed by atoms with Crippen LogP contribution >= 0.6 is 0 Å². The number of aromatic nitrogens is 7. The lowest BCUT2D eigenvalue weighted by atomic mass is 9.92. The molecule has 0 aliphatic carbocycles. The van der Waals surface area contributed by atoms with Gasteiger partial charge in [-0.1, -0.05) is 127 Å². The lowest BCUT2D eigenvalue weighted by molar-refractivity contribution is 1.05. The molecule has 5 aromatic heterocycles. The van der Waals surface area contributed by atoms with Gasteiger partial charge in [-0.05, 0) is 77.9 Å². The number of benzene rings is 7. The number of rotatable bonds is 7. The van der Waals surface area contributed by atoms with Crippen LogP contribution in [0.15, 0.2) is 213 Å². The highest BCUT2D eigenvalue weighted by atomic mass is 15.1. The van der Waals surface area contributed by atoms with Crippen molar-refractivity contribution in [1.82, 2.24) is 34.1 Å². The van der Waals surface area contributed by atoms with E-state index in [4.69, 9.17) is 15.0 Å². The van der Waals surface area contributed by atoms with E-state index in [0.29, 0.717) is 23.2 Å². The molecule has 0 bridgehead atoms. The molecule has 0 N–H and O–H groups in total. The molecule has 7 heteroatoms. The van der Waals surface area contributed by atoms with Gasteiger partial charge in [-0.3, -0.25) is 9.97 Å². The Morgan fingerprint density at radius 3 is 1.61 bits per heavy atom. The minimum Gasteiger partial charge on any atom is -0.309 e. The number of pyridine rings is 2. The standard InChI is InChI=1S/C55H35N7/c1-4-17-36(18-5-1)44-33-39(54-58-53(38-21-16-31-56-35-38)59-55(60-54)46-26-14-15-32-57-46)34-45(37-19-6-2-7-20-37)51(44)62-48-28-13-11-25-43(48)50-49(62)30-29-42-41-24-10-12-27-47(41)61(52(42)50)40-22-8-3-9-23-40/h1-35H. The van der Waals surface area contributed by atoms with Crippen LogP contribution in [0.1, 0.15) is 0 Å². The lowest BCUT2D eigenvalue weighted by Crippen LogP contribution is -2.04. The van der Waals surface area contributed by atoms with Crippen LogP contribution in [0.3, 0.4) is 0 Å².